The quantitative estimate of drug-likeness (QED) is 0.725. The summed E-state index contributed by atoms with van der Waals surface area (Å²) >= 11 is 0. The molecule has 6 atom stereocenters. The average Bonchev–Trinajstić information content (AvgIpc) is 2.70. The monoisotopic (exact) mass is 302 g/mol. The van der Waals surface area contributed by atoms with Gasteiger partial charge in [0.05, 0.1) is 5.60 Å². The van der Waals surface area contributed by atoms with Crippen molar-refractivity contribution in [3.63, 3.8) is 0 Å². The van der Waals surface area contributed by atoms with E-state index in [9.17, 15) is 9.90 Å². The molecule has 0 amide bonds. The van der Waals surface area contributed by atoms with Gasteiger partial charge in [-0.1, -0.05) is 19.4 Å². The Kier molecular flexibility index (Phi) is 3.03. The minimum absolute atomic E-state index is 0.107. The van der Waals surface area contributed by atoms with Gasteiger partial charge in [0.25, 0.3) is 0 Å². The summed E-state index contributed by atoms with van der Waals surface area (Å²) in [4.78, 5) is 11.8. The van der Waals surface area contributed by atoms with Gasteiger partial charge >= 0.3 is 0 Å². The minimum atomic E-state index is -0.484. The van der Waals surface area contributed by atoms with Crippen LogP contribution in [0.1, 0.15) is 72.1 Å². The van der Waals surface area contributed by atoms with Gasteiger partial charge in [-0.25, -0.2) is 0 Å². The maximum Gasteiger partial charge on any atom is 0.155 e. The highest BCUT2D eigenvalue weighted by atomic mass is 16.3. The highest BCUT2D eigenvalue weighted by Gasteiger charge is 2.62. The van der Waals surface area contributed by atoms with Crippen molar-refractivity contribution in [3.05, 3.63) is 11.6 Å². The molecule has 3 saturated carbocycles. The molecule has 0 bridgehead atoms. The van der Waals surface area contributed by atoms with Gasteiger partial charge in [-0.2, -0.15) is 0 Å². The average molecular weight is 302 g/mol. The van der Waals surface area contributed by atoms with E-state index < -0.39 is 5.60 Å². The fourth-order valence-electron chi connectivity index (χ4n) is 6.80. The lowest BCUT2D eigenvalue weighted by Gasteiger charge is -2.58. The zero-order chi connectivity index (χ0) is 15.8. The van der Waals surface area contributed by atoms with Crippen LogP contribution in [-0.2, 0) is 4.79 Å². The molecule has 3 fully saturated rings. The number of hydrogen-bond acceptors (Lipinski definition) is 2. The first-order chi connectivity index (χ1) is 10.3. The van der Waals surface area contributed by atoms with Crippen molar-refractivity contribution in [1.29, 1.82) is 0 Å². The van der Waals surface area contributed by atoms with Gasteiger partial charge in [-0.3, -0.25) is 4.79 Å². The van der Waals surface area contributed by atoms with Gasteiger partial charge in [0, 0.05) is 6.42 Å². The Bertz CT molecular complexity index is 546. The van der Waals surface area contributed by atoms with Crippen LogP contribution < -0.4 is 0 Å². The standard InChI is InChI=1S/C20H30O2/c1-18-9-6-14(21)12-13(18)4-5-15-16(18)7-10-19(2)17(15)8-11-20(19,3)22/h12,15-17,22H,4-11H2,1-3H3/t15-,16-,17-,18-,19+,20-/m0/s1. The second kappa shape index (κ2) is 4.47. The molecular weight excluding hydrogens is 272 g/mol. The van der Waals surface area contributed by atoms with Crippen molar-refractivity contribution in [3.8, 4) is 0 Å². The van der Waals surface area contributed by atoms with Gasteiger partial charge in [-0.05, 0) is 86.5 Å². The van der Waals surface area contributed by atoms with E-state index in [1.165, 1.54) is 24.8 Å². The van der Waals surface area contributed by atoms with Crippen molar-refractivity contribution >= 4 is 5.78 Å². The molecule has 4 aliphatic carbocycles. The van der Waals surface area contributed by atoms with Gasteiger partial charge in [0.15, 0.2) is 5.78 Å². The Balaban J connectivity index is 1.70. The summed E-state index contributed by atoms with van der Waals surface area (Å²) < 4.78 is 0. The lowest BCUT2D eigenvalue weighted by atomic mass is 9.46. The summed E-state index contributed by atoms with van der Waals surface area (Å²) in [6.45, 7) is 6.85. The second-order valence-corrected chi connectivity index (χ2v) is 9.24. The molecule has 0 aromatic rings. The first-order valence-corrected chi connectivity index (χ1v) is 9.24. The Morgan fingerprint density at radius 3 is 2.50 bits per heavy atom. The van der Waals surface area contributed by atoms with Crippen LogP contribution in [0.3, 0.4) is 0 Å². The lowest BCUT2D eigenvalue weighted by molar-refractivity contribution is -0.124. The van der Waals surface area contributed by atoms with Crippen LogP contribution in [0.15, 0.2) is 11.6 Å². The minimum Gasteiger partial charge on any atom is -0.390 e. The van der Waals surface area contributed by atoms with Crippen LogP contribution in [0.4, 0.5) is 0 Å². The first kappa shape index (κ1) is 14.9. The van der Waals surface area contributed by atoms with E-state index in [1.54, 1.807) is 0 Å². The van der Waals surface area contributed by atoms with E-state index in [1.807, 2.05) is 6.08 Å². The second-order valence-electron chi connectivity index (χ2n) is 9.24. The predicted molar refractivity (Wildman–Crippen MR) is 87.3 cm³/mol. The molecule has 0 aromatic carbocycles. The van der Waals surface area contributed by atoms with Gasteiger partial charge < -0.3 is 5.11 Å². The van der Waals surface area contributed by atoms with Crippen molar-refractivity contribution in [2.24, 2.45) is 28.6 Å². The topological polar surface area (TPSA) is 37.3 Å². The summed E-state index contributed by atoms with van der Waals surface area (Å²) in [5.74, 6) is 2.50. The third kappa shape index (κ3) is 1.74. The van der Waals surface area contributed by atoms with Crippen LogP contribution in [0.25, 0.3) is 0 Å². The van der Waals surface area contributed by atoms with E-state index in [0.29, 0.717) is 11.7 Å². The summed E-state index contributed by atoms with van der Waals surface area (Å²) in [6, 6.07) is 0. The molecule has 0 saturated heterocycles. The largest absolute Gasteiger partial charge is 0.390 e. The summed E-state index contributed by atoms with van der Waals surface area (Å²) in [5, 5.41) is 10.9. The number of hydrogen-bond donors (Lipinski definition) is 1. The Labute approximate surface area is 134 Å². The number of rotatable bonds is 0. The Morgan fingerprint density at radius 2 is 1.73 bits per heavy atom. The molecule has 0 spiro atoms. The van der Waals surface area contributed by atoms with E-state index >= 15 is 0 Å². The molecule has 4 rings (SSSR count). The molecule has 0 heterocycles. The van der Waals surface area contributed by atoms with Crippen LogP contribution in [0.5, 0.6) is 0 Å². The first-order valence-electron chi connectivity index (χ1n) is 9.24. The van der Waals surface area contributed by atoms with E-state index in [2.05, 4.69) is 20.8 Å². The number of fused-ring (bicyclic) bond motifs is 5. The number of allylic oxidation sites excluding steroid dienone is 1. The van der Waals surface area contributed by atoms with Crippen LogP contribution in [0, 0.1) is 28.6 Å². The summed E-state index contributed by atoms with van der Waals surface area (Å²) in [6.07, 6.45) is 10.7. The van der Waals surface area contributed by atoms with Crippen molar-refractivity contribution in [1.82, 2.24) is 0 Å². The zero-order valence-electron chi connectivity index (χ0n) is 14.3. The highest BCUT2D eigenvalue weighted by molar-refractivity contribution is 5.91. The molecule has 0 unspecified atom stereocenters. The predicted octanol–water partition coefficient (Wildman–Crippen LogP) is 4.27. The summed E-state index contributed by atoms with van der Waals surface area (Å²) in [5.41, 5.74) is 1.32. The van der Waals surface area contributed by atoms with Crippen LogP contribution in [-0.4, -0.2) is 16.5 Å². The molecule has 2 heteroatoms. The maximum atomic E-state index is 11.8. The fourth-order valence-corrected chi connectivity index (χ4v) is 6.80. The van der Waals surface area contributed by atoms with E-state index in [4.69, 9.17) is 0 Å². The number of carbonyl (C=O) groups is 1. The van der Waals surface area contributed by atoms with Crippen molar-refractivity contribution < 1.29 is 9.90 Å². The van der Waals surface area contributed by atoms with Gasteiger partial charge in [0.2, 0.25) is 0 Å². The number of aliphatic hydroxyl groups is 1. The Hall–Kier alpha value is -0.630. The lowest BCUT2D eigenvalue weighted by Crippen LogP contribution is -2.53. The number of carbonyl (C=O) groups excluding carboxylic acids is 1. The van der Waals surface area contributed by atoms with Crippen LogP contribution in [0.2, 0.25) is 0 Å². The number of ketones is 1. The molecule has 2 nitrogen and oxygen atoms in total. The highest BCUT2D eigenvalue weighted by Crippen LogP contribution is 2.67. The molecular formula is C20H30O2. The molecule has 0 radical (unpaired) electrons. The fraction of sp³-hybridized carbons (Fsp3) is 0.850. The van der Waals surface area contributed by atoms with Gasteiger partial charge in [-0.15, -0.1) is 0 Å². The van der Waals surface area contributed by atoms with Gasteiger partial charge in [0.1, 0.15) is 0 Å². The maximum absolute atomic E-state index is 11.8. The molecule has 22 heavy (non-hydrogen) atoms. The normalized spacial score (nSPS) is 54.3. The molecule has 0 aromatic heterocycles. The van der Waals surface area contributed by atoms with E-state index in [0.717, 1.165) is 43.9 Å². The van der Waals surface area contributed by atoms with Crippen LogP contribution >= 0.6 is 0 Å². The third-order valence-corrected chi connectivity index (χ3v) is 8.52. The third-order valence-electron chi connectivity index (χ3n) is 8.52. The van der Waals surface area contributed by atoms with Crippen molar-refractivity contribution in [2.75, 3.05) is 0 Å². The Morgan fingerprint density at radius 1 is 1.00 bits per heavy atom. The molecule has 1 N–H and O–H groups in total. The van der Waals surface area contributed by atoms with E-state index in [-0.39, 0.29) is 10.8 Å². The summed E-state index contributed by atoms with van der Waals surface area (Å²) in [7, 11) is 0. The zero-order valence-corrected chi connectivity index (χ0v) is 14.3. The van der Waals surface area contributed by atoms with Crippen molar-refractivity contribution in [2.45, 2.75) is 77.7 Å². The molecule has 4 aliphatic rings. The molecule has 0 aliphatic heterocycles. The molecule has 122 valence electrons. The smallest absolute Gasteiger partial charge is 0.155 e. The SMILES string of the molecule is C[C@]12CCC(=O)C=C1CC[C@H]1[C@@H]2CC[C@]2(C)[C@H]1CC[C@]2(C)O.